The van der Waals surface area contributed by atoms with Crippen molar-refractivity contribution in [2.24, 2.45) is 17.3 Å². The number of ketones is 1. The molecule has 4 aliphatic carbocycles. The van der Waals surface area contributed by atoms with E-state index in [1.165, 1.54) is 23.6 Å². The second-order valence-electron chi connectivity index (χ2n) is 7.70. The van der Waals surface area contributed by atoms with Gasteiger partial charge in [-0.2, -0.15) is 0 Å². The lowest BCUT2D eigenvalue weighted by Crippen LogP contribution is -2.40. The molecule has 3 nitrogen and oxygen atoms in total. The molecule has 0 saturated heterocycles. The van der Waals surface area contributed by atoms with E-state index in [9.17, 15) is 9.59 Å². The van der Waals surface area contributed by atoms with E-state index in [2.05, 4.69) is 19.1 Å². The number of carbonyl (C=O) groups excluding carboxylic acids is 2. The number of rotatable bonds is 1. The highest BCUT2D eigenvalue weighted by molar-refractivity contribution is 5.93. The van der Waals surface area contributed by atoms with Crippen molar-refractivity contribution >= 4 is 11.8 Å². The Bertz CT molecular complexity index is 667. The molecule has 4 rings (SSSR count). The van der Waals surface area contributed by atoms with Crippen LogP contribution in [0.4, 0.5) is 0 Å². The smallest absolute Gasteiger partial charge is 0.302 e. The third kappa shape index (κ3) is 3.02. The fourth-order valence-electron chi connectivity index (χ4n) is 5.36. The summed E-state index contributed by atoms with van der Waals surface area (Å²) >= 11 is 0. The molecule has 4 aliphatic rings. The minimum Gasteiger partial charge on any atom is -0.462 e. The molecule has 0 aliphatic heterocycles. The first-order valence-corrected chi connectivity index (χ1v) is 9.82. The molecule has 4 unspecified atom stereocenters. The van der Waals surface area contributed by atoms with Crippen LogP contribution in [0.15, 0.2) is 34.9 Å². The van der Waals surface area contributed by atoms with E-state index in [1.54, 1.807) is 0 Å². The quantitative estimate of drug-likeness (QED) is 0.635. The van der Waals surface area contributed by atoms with E-state index >= 15 is 0 Å². The molecule has 1 saturated carbocycles. The SMILES string of the molecule is CC.CC(=O)OC1CCC2C3CCC4=CC(=O)CCC4=C3C=CC12C. The van der Waals surface area contributed by atoms with Crippen LogP contribution in [0.3, 0.4) is 0 Å². The molecule has 0 bridgehead atoms. The Morgan fingerprint density at radius 2 is 1.92 bits per heavy atom. The van der Waals surface area contributed by atoms with Crippen LogP contribution in [0.5, 0.6) is 0 Å². The summed E-state index contributed by atoms with van der Waals surface area (Å²) in [5.41, 5.74) is 4.12. The largest absolute Gasteiger partial charge is 0.462 e. The third-order valence-electron chi connectivity index (χ3n) is 6.47. The van der Waals surface area contributed by atoms with E-state index in [0.29, 0.717) is 18.3 Å². The van der Waals surface area contributed by atoms with E-state index < -0.39 is 0 Å². The lowest BCUT2D eigenvalue weighted by atomic mass is 9.60. The maximum Gasteiger partial charge on any atom is 0.302 e. The van der Waals surface area contributed by atoms with Gasteiger partial charge in [0.25, 0.3) is 0 Å². The van der Waals surface area contributed by atoms with Gasteiger partial charge in [0.05, 0.1) is 0 Å². The summed E-state index contributed by atoms with van der Waals surface area (Å²) in [5, 5.41) is 0. The summed E-state index contributed by atoms with van der Waals surface area (Å²) in [5.74, 6) is 1.22. The van der Waals surface area contributed by atoms with Crippen LogP contribution in [-0.4, -0.2) is 17.9 Å². The zero-order chi connectivity index (χ0) is 18.2. The highest BCUT2D eigenvalue weighted by atomic mass is 16.5. The first-order chi connectivity index (χ1) is 12.0. The molecule has 0 N–H and O–H groups in total. The Kier molecular flexibility index (Phi) is 5.04. The molecule has 0 aromatic heterocycles. The highest BCUT2D eigenvalue weighted by Gasteiger charge is 2.53. The van der Waals surface area contributed by atoms with Gasteiger partial charge in [-0.25, -0.2) is 0 Å². The van der Waals surface area contributed by atoms with Crippen LogP contribution in [0.2, 0.25) is 0 Å². The number of esters is 1. The van der Waals surface area contributed by atoms with Crippen LogP contribution >= 0.6 is 0 Å². The van der Waals surface area contributed by atoms with E-state index in [1.807, 2.05) is 19.9 Å². The number of carbonyl (C=O) groups is 2. The van der Waals surface area contributed by atoms with Gasteiger partial charge in [0.1, 0.15) is 6.10 Å². The van der Waals surface area contributed by atoms with E-state index in [-0.39, 0.29) is 23.3 Å². The van der Waals surface area contributed by atoms with Gasteiger partial charge in [0.2, 0.25) is 0 Å². The lowest BCUT2D eigenvalue weighted by Gasteiger charge is -2.45. The first-order valence-electron chi connectivity index (χ1n) is 9.82. The van der Waals surface area contributed by atoms with E-state index in [0.717, 1.165) is 32.1 Å². The van der Waals surface area contributed by atoms with Crippen molar-refractivity contribution in [3.63, 3.8) is 0 Å². The Labute approximate surface area is 151 Å². The Hall–Kier alpha value is -1.64. The number of ether oxygens (including phenoxy) is 1. The molecule has 3 heteroatoms. The molecule has 0 aromatic carbocycles. The molecule has 0 radical (unpaired) electrons. The van der Waals surface area contributed by atoms with Crippen molar-refractivity contribution in [2.45, 2.75) is 72.3 Å². The summed E-state index contributed by atoms with van der Waals surface area (Å²) in [6.45, 7) is 7.76. The second kappa shape index (κ2) is 6.93. The van der Waals surface area contributed by atoms with Crippen molar-refractivity contribution in [1.29, 1.82) is 0 Å². The fourth-order valence-corrected chi connectivity index (χ4v) is 5.36. The van der Waals surface area contributed by atoms with Crippen molar-refractivity contribution in [2.75, 3.05) is 0 Å². The predicted octanol–water partition coefficient (Wildman–Crippen LogP) is 4.93. The van der Waals surface area contributed by atoms with Crippen LogP contribution in [-0.2, 0) is 14.3 Å². The van der Waals surface area contributed by atoms with Crippen LogP contribution in [0.1, 0.15) is 66.2 Å². The van der Waals surface area contributed by atoms with Crippen molar-refractivity contribution < 1.29 is 14.3 Å². The molecule has 25 heavy (non-hydrogen) atoms. The summed E-state index contributed by atoms with van der Waals surface area (Å²) in [6, 6.07) is 0. The topological polar surface area (TPSA) is 43.4 Å². The van der Waals surface area contributed by atoms with Gasteiger partial charge >= 0.3 is 5.97 Å². The monoisotopic (exact) mass is 342 g/mol. The first kappa shape index (κ1) is 18.2. The number of hydrogen-bond acceptors (Lipinski definition) is 3. The van der Waals surface area contributed by atoms with Crippen LogP contribution < -0.4 is 0 Å². The highest BCUT2D eigenvalue weighted by Crippen LogP contribution is 2.57. The average Bonchev–Trinajstić information content (AvgIpc) is 2.92. The maximum atomic E-state index is 11.7. The van der Waals surface area contributed by atoms with Gasteiger partial charge in [0.15, 0.2) is 5.78 Å². The van der Waals surface area contributed by atoms with Gasteiger partial charge in [-0.3, -0.25) is 9.59 Å². The number of hydrogen-bond donors (Lipinski definition) is 0. The minimum absolute atomic E-state index is 0.0117. The number of fused-ring (bicyclic) bond motifs is 4. The molecule has 0 amide bonds. The average molecular weight is 342 g/mol. The van der Waals surface area contributed by atoms with Gasteiger partial charge < -0.3 is 4.74 Å². The molecule has 0 spiro atoms. The summed E-state index contributed by atoms with van der Waals surface area (Å²) in [7, 11) is 0. The Balaban J connectivity index is 0.000000880. The van der Waals surface area contributed by atoms with Crippen LogP contribution in [0, 0.1) is 17.3 Å². The standard InChI is InChI=1S/C20H24O3.C2H6/c1-12(21)23-19-8-7-18-17-5-3-13-11-14(22)4-6-15(13)16(17)9-10-20(18,19)2;1-2/h9-11,17-19H,3-8H2,1-2H3;1-2H3. The maximum absolute atomic E-state index is 11.7. The lowest BCUT2D eigenvalue weighted by molar-refractivity contribution is -0.150. The predicted molar refractivity (Wildman–Crippen MR) is 98.9 cm³/mol. The second-order valence-corrected chi connectivity index (χ2v) is 7.70. The minimum atomic E-state index is -0.172. The molecule has 136 valence electrons. The molecule has 0 aromatic rings. The zero-order valence-electron chi connectivity index (χ0n) is 15.9. The molecular formula is C22H30O3. The Morgan fingerprint density at radius 3 is 2.64 bits per heavy atom. The van der Waals surface area contributed by atoms with Crippen LogP contribution in [0.25, 0.3) is 0 Å². The van der Waals surface area contributed by atoms with Crippen molar-refractivity contribution in [1.82, 2.24) is 0 Å². The summed E-state index contributed by atoms with van der Waals surface area (Å²) < 4.78 is 5.62. The summed E-state index contributed by atoms with van der Waals surface area (Å²) in [6.07, 6.45) is 12.2. The number of allylic oxidation sites excluding steroid dienone is 5. The van der Waals surface area contributed by atoms with Crippen molar-refractivity contribution in [3.05, 3.63) is 34.9 Å². The normalized spacial score (nSPS) is 35.8. The molecule has 0 heterocycles. The summed E-state index contributed by atoms with van der Waals surface area (Å²) in [4.78, 5) is 23.1. The van der Waals surface area contributed by atoms with Gasteiger partial charge in [-0.15, -0.1) is 0 Å². The van der Waals surface area contributed by atoms with Gasteiger partial charge in [0, 0.05) is 18.8 Å². The molecular weight excluding hydrogens is 312 g/mol. The molecule has 1 fully saturated rings. The van der Waals surface area contributed by atoms with E-state index in [4.69, 9.17) is 4.74 Å². The Morgan fingerprint density at radius 1 is 1.16 bits per heavy atom. The van der Waals surface area contributed by atoms with Gasteiger partial charge in [-0.1, -0.05) is 32.9 Å². The zero-order valence-corrected chi connectivity index (χ0v) is 15.9. The van der Waals surface area contributed by atoms with Gasteiger partial charge in [-0.05, 0) is 66.7 Å². The fraction of sp³-hybridized carbons (Fsp3) is 0.636. The van der Waals surface area contributed by atoms with Crippen molar-refractivity contribution in [3.8, 4) is 0 Å². The molecule has 4 atom stereocenters. The third-order valence-corrected chi connectivity index (χ3v) is 6.47.